The molecule has 3 rings (SSSR count). The Labute approximate surface area is 158 Å². The van der Waals surface area contributed by atoms with E-state index < -0.39 is 48.5 Å². The van der Waals surface area contributed by atoms with E-state index in [1.54, 1.807) is 0 Å². The van der Waals surface area contributed by atoms with Gasteiger partial charge in [0.25, 0.3) is 0 Å². The van der Waals surface area contributed by atoms with Gasteiger partial charge in [0.2, 0.25) is 5.60 Å². The van der Waals surface area contributed by atoms with E-state index >= 15 is 0 Å². The summed E-state index contributed by atoms with van der Waals surface area (Å²) in [4.78, 5) is 17.8. The molecule has 2 aliphatic rings. The molecule has 2 aliphatic heterocycles. The van der Waals surface area contributed by atoms with Crippen LogP contribution in [-0.2, 0) is 14.4 Å². The molecular weight excluding hydrogens is 382 g/mol. The summed E-state index contributed by atoms with van der Waals surface area (Å²) in [5.74, 6) is -4.69. The zero-order valence-corrected chi connectivity index (χ0v) is 14.9. The number of aliphatic hydroxyl groups excluding tert-OH is 4. The molecule has 12 heteroatoms. The molecule has 1 aromatic rings. The monoisotopic (exact) mass is 403 g/mol. The molecule has 0 aliphatic carbocycles. The number of hydroxylamine groups is 1. The summed E-state index contributed by atoms with van der Waals surface area (Å²) >= 11 is 0. The van der Waals surface area contributed by atoms with Gasteiger partial charge in [-0.25, -0.2) is 0 Å². The van der Waals surface area contributed by atoms with Gasteiger partial charge < -0.3 is 44.8 Å². The van der Waals surface area contributed by atoms with Crippen LogP contribution in [0.5, 0.6) is 11.5 Å². The van der Waals surface area contributed by atoms with Crippen molar-refractivity contribution in [3.63, 3.8) is 0 Å². The van der Waals surface area contributed by atoms with Crippen LogP contribution in [0, 0.1) is 0 Å². The number of rotatable bonds is 4. The lowest BCUT2D eigenvalue weighted by Gasteiger charge is -2.53. The lowest BCUT2D eigenvalue weighted by Crippen LogP contribution is -2.81. The SMILES string of the molecule is COc1ccc2c(c1)OC(O)([C@]1(O)[C@@H](O)O[C@H](CO)[C@@H](O)[C@@H]1O)C(=O)N2OC. The molecule has 2 heterocycles. The Hall–Kier alpha value is -2.03. The van der Waals surface area contributed by atoms with Crippen LogP contribution in [0.2, 0.25) is 0 Å². The molecule has 156 valence electrons. The van der Waals surface area contributed by atoms with E-state index in [2.05, 4.69) is 0 Å². The Kier molecular flexibility index (Phi) is 5.24. The molecule has 6 atom stereocenters. The second-order valence-corrected chi connectivity index (χ2v) is 6.33. The minimum Gasteiger partial charge on any atom is -0.497 e. The number of fused-ring (bicyclic) bond motifs is 1. The van der Waals surface area contributed by atoms with Crippen molar-refractivity contribution in [3.05, 3.63) is 18.2 Å². The lowest BCUT2D eigenvalue weighted by atomic mass is 9.78. The van der Waals surface area contributed by atoms with Gasteiger partial charge in [0.15, 0.2) is 12.0 Å². The molecule has 1 saturated heterocycles. The van der Waals surface area contributed by atoms with E-state index in [0.717, 1.165) is 7.11 Å². The number of hydrogen-bond donors (Lipinski definition) is 6. The standard InChI is InChI=1S/C16H21NO11/c1-25-7-3-4-8-9(5-7)28-16(24,13(21)17(8)26-2)15(23)12(20)11(19)10(6-18)27-14(15)22/h3-5,10-12,14,18-20,22-24H,6H2,1-2H3/t10-,11-,12+,14+,15-,16?/m1/s1. The molecule has 6 N–H and O–H groups in total. The van der Waals surface area contributed by atoms with Gasteiger partial charge in [-0.05, 0) is 12.1 Å². The Morgan fingerprint density at radius 3 is 2.46 bits per heavy atom. The van der Waals surface area contributed by atoms with Crippen LogP contribution in [0.1, 0.15) is 0 Å². The molecule has 1 amide bonds. The number of ether oxygens (including phenoxy) is 3. The number of benzene rings is 1. The highest BCUT2D eigenvalue weighted by Gasteiger charge is 2.72. The number of carbonyl (C=O) groups excluding carboxylic acids is 1. The minimum atomic E-state index is -3.34. The topological polar surface area (TPSA) is 179 Å². The molecule has 0 spiro atoms. The van der Waals surface area contributed by atoms with Crippen LogP contribution in [0.3, 0.4) is 0 Å². The number of hydrogen-bond acceptors (Lipinski definition) is 11. The molecule has 28 heavy (non-hydrogen) atoms. The highest BCUT2D eigenvalue weighted by Crippen LogP contribution is 2.46. The van der Waals surface area contributed by atoms with Crippen molar-refractivity contribution in [3.8, 4) is 11.5 Å². The summed E-state index contributed by atoms with van der Waals surface area (Å²) in [5.41, 5.74) is -3.22. The lowest BCUT2D eigenvalue weighted by molar-refractivity contribution is -0.391. The van der Waals surface area contributed by atoms with Crippen LogP contribution in [0.25, 0.3) is 0 Å². The van der Waals surface area contributed by atoms with Crippen LogP contribution >= 0.6 is 0 Å². The van der Waals surface area contributed by atoms with Gasteiger partial charge in [0.1, 0.15) is 29.7 Å². The third-order valence-corrected chi connectivity index (χ3v) is 4.86. The fourth-order valence-electron chi connectivity index (χ4n) is 3.23. The van der Waals surface area contributed by atoms with E-state index in [1.165, 1.54) is 25.3 Å². The molecule has 0 radical (unpaired) electrons. The highest BCUT2D eigenvalue weighted by molar-refractivity contribution is 6.01. The average Bonchev–Trinajstić information content (AvgIpc) is 2.69. The van der Waals surface area contributed by atoms with Crippen molar-refractivity contribution in [1.82, 2.24) is 0 Å². The molecule has 0 saturated carbocycles. The maximum absolute atomic E-state index is 12.9. The first-order valence-corrected chi connectivity index (χ1v) is 8.16. The molecule has 12 nitrogen and oxygen atoms in total. The molecule has 0 aromatic heterocycles. The summed E-state index contributed by atoms with van der Waals surface area (Å²) in [6, 6.07) is 4.11. The average molecular weight is 403 g/mol. The van der Waals surface area contributed by atoms with Crippen molar-refractivity contribution < 1.29 is 54.5 Å². The Balaban J connectivity index is 2.12. The Bertz CT molecular complexity index is 760. The van der Waals surface area contributed by atoms with Gasteiger partial charge in [-0.15, -0.1) is 0 Å². The van der Waals surface area contributed by atoms with Gasteiger partial charge in [-0.3, -0.25) is 9.63 Å². The van der Waals surface area contributed by atoms with E-state index in [-0.39, 0.29) is 17.2 Å². The third kappa shape index (κ3) is 2.66. The van der Waals surface area contributed by atoms with Gasteiger partial charge in [-0.1, -0.05) is 0 Å². The molecule has 0 bridgehead atoms. The second kappa shape index (κ2) is 7.09. The van der Waals surface area contributed by atoms with Crippen molar-refractivity contribution in [2.45, 2.75) is 36.0 Å². The van der Waals surface area contributed by atoms with Crippen molar-refractivity contribution in [1.29, 1.82) is 0 Å². The number of methoxy groups -OCH3 is 1. The number of amides is 1. The first-order valence-electron chi connectivity index (χ1n) is 8.16. The summed E-state index contributed by atoms with van der Waals surface area (Å²) in [6.07, 6.45) is -8.24. The van der Waals surface area contributed by atoms with E-state index in [0.29, 0.717) is 5.06 Å². The second-order valence-electron chi connectivity index (χ2n) is 6.33. The predicted octanol–water partition coefficient (Wildman–Crippen LogP) is -3.17. The van der Waals surface area contributed by atoms with Gasteiger partial charge in [-0.2, -0.15) is 5.06 Å². The molecule has 1 unspecified atom stereocenters. The van der Waals surface area contributed by atoms with Crippen molar-refractivity contribution in [2.75, 3.05) is 25.9 Å². The van der Waals surface area contributed by atoms with Crippen molar-refractivity contribution >= 4 is 11.6 Å². The van der Waals surface area contributed by atoms with Crippen LogP contribution < -0.4 is 14.5 Å². The van der Waals surface area contributed by atoms with E-state index in [1.807, 2.05) is 0 Å². The van der Waals surface area contributed by atoms with E-state index in [4.69, 9.17) is 19.0 Å². The Morgan fingerprint density at radius 2 is 1.89 bits per heavy atom. The third-order valence-electron chi connectivity index (χ3n) is 4.86. The van der Waals surface area contributed by atoms with E-state index in [9.17, 15) is 35.4 Å². The number of carbonyl (C=O) groups is 1. The number of nitrogens with zero attached hydrogens (tertiary/aromatic N) is 1. The van der Waals surface area contributed by atoms with Gasteiger partial charge in [0.05, 0.1) is 20.8 Å². The molecule has 1 fully saturated rings. The summed E-state index contributed by atoms with van der Waals surface area (Å²) in [7, 11) is 2.46. The predicted molar refractivity (Wildman–Crippen MR) is 88.0 cm³/mol. The maximum Gasteiger partial charge on any atom is 0.328 e. The molecular formula is C16H21NO11. The van der Waals surface area contributed by atoms with Crippen LogP contribution in [0.15, 0.2) is 18.2 Å². The minimum absolute atomic E-state index is 0.0380. The van der Waals surface area contributed by atoms with Gasteiger partial charge >= 0.3 is 11.7 Å². The largest absolute Gasteiger partial charge is 0.497 e. The first kappa shape index (κ1) is 20.7. The number of aliphatic hydroxyl groups is 6. The zero-order valence-electron chi connectivity index (χ0n) is 14.9. The summed E-state index contributed by atoms with van der Waals surface area (Å²) in [6.45, 7) is -0.817. The van der Waals surface area contributed by atoms with Crippen LogP contribution in [-0.4, -0.2) is 93.4 Å². The first-order chi connectivity index (χ1) is 13.1. The normalized spacial score (nSPS) is 38.0. The zero-order chi connectivity index (χ0) is 20.9. The quantitative estimate of drug-likeness (QED) is 0.299. The van der Waals surface area contributed by atoms with Crippen LogP contribution in [0.4, 0.5) is 5.69 Å². The van der Waals surface area contributed by atoms with Gasteiger partial charge in [0, 0.05) is 6.07 Å². The fraction of sp³-hybridized carbons (Fsp3) is 0.562. The highest BCUT2D eigenvalue weighted by atomic mass is 16.7. The van der Waals surface area contributed by atoms with Crippen molar-refractivity contribution in [2.24, 2.45) is 0 Å². The summed E-state index contributed by atoms with van der Waals surface area (Å²) < 4.78 is 15.2. The fourth-order valence-corrected chi connectivity index (χ4v) is 3.23. The Morgan fingerprint density at radius 1 is 1.21 bits per heavy atom. The maximum atomic E-state index is 12.9. The summed E-state index contributed by atoms with van der Waals surface area (Å²) in [5, 5.41) is 62.4. The smallest absolute Gasteiger partial charge is 0.328 e. The molecule has 1 aromatic carbocycles. The number of anilines is 1.